The molecule has 0 bridgehead atoms. The van der Waals surface area contributed by atoms with Crippen LogP contribution in [0.3, 0.4) is 0 Å². The molecule has 1 aliphatic rings. The molecular weight excluding hydrogens is 357 g/mol. The fourth-order valence-corrected chi connectivity index (χ4v) is 3.82. The highest BCUT2D eigenvalue weighted by Gasteiger charge is 2.29. The Morgan fingerprint density at radius 3 is 2.43 bits per heavy atom. The van der Waals surface area contributed by atoms with E-state index in [1.165, 1.54) is 12.1 Å². The highest BCUT2D eigenvalue weighted by Crippen LogP contribution is 2.28. The van der Waals surface area contributed by atoms with Crippen LogP contribution >= 0.6 is 0 Å². The number of carbonyl (C=O) groups is 2. The summed E-state index contributed by atoms with van der Waals surface area (Å²) in [7, 11) is 1.88. The van der Waals surface area contributed by atoms with Crippen LogP contribution in [0.15, 0.2) is 54.6 Å². The van der Waals surface area contributed by atoms with Gasteiger partial charge in [-0.05, 0) is 43.1 Å². The third kappa shape index (κ3) is 4.75. The van der Waals surface area contributed by atoms with Crippen molar-refractivity contribution in [1.29, 1.82) is 0 Å². The Bertz CT molecular complexity index is 810. The molecule has 0 aromatic heterocycles. The zero-order valence-corrected chi connectivity index (χ0v) is 16.1. The monoisotopic (exact) mass is 383 g/mol. The molecular formula is C22H26FN3O2. The number of primary amides is 1. The molecule has 5 nitrogen and oxygen atoms in total. The summed E-state index contributed by atoms with van der Waals surface area (Å²) in [6, 6.07) is 16.0. The molecule has 0 radical (unpaired) electrons. The number of hydrogen-bond acceptors (Lipinski definition) is 3. The minimum atomic E-state index is -0.348. The predicted octanol–water partition coefficient (Wildman–Crippen LogP) is 2.57. The first-order valence-corrected chi connectivity index (χ1v) is 9.53. The average Bonchev–Trinajstić information content (AvgIpc) is 2.70. The third-order valence-corrected chi connectivity index (χ3v) is 5.30. The topological polar surface area (TPSA) is 66.6 Å². The molecule has 0 spiro atoms. The zero-order chi connectivity index (χ0) is 20.1. The predicted molar refractivity (Wildman–Crippen MR) is 106 cm³/mol. The van der Waals surface area contributed by atoms with Gasteiger partial charge in [0.05, 0.1) is 18.5 Å². The van der Waals surface area contributed by atoms with Crippen molar-refractivity contribution in [2.45, 2.75) is 18.9 Å². The number of likely N-dealkylation sites (N-methyl/N-ethyl adjacent to an activating group) is 1. The molecule has 2 aromatic rings. The molecule has 6 heteroatoms. The van der Waals surface area contributed by atoms with E-state index in [4.69, 9.17) is 5.73 Å². The SMILES string of the molecule is CN(CC(=O)N1CCCC(C(N)=O)C1)C(c1ccccc1)c1ccc(F)cc1. The van der Waals surface area contributed by atoms with E-state index in [1.807, 2.05) is 42.3 Å². The number of nitrogens with two attached hydrogens (primary N) is 1. The summed E-state index contributed by atoms with van der Waals surface area (Å²) < 4.78 is 13.4. The first-order valence-electron chi connectivity index (χ1n) is 9.53. The van der Waals surface area contributed by atoms with E-state index in [1.54, 1.807) is 17.0 Å². The maximum atomic E-state index is 13.4. The number of piperidine rings is 1. The molecule has 0 saturated carbocycles. The van der Waals surface area contributed by atoms with E-state index in [0.717, 1.165) is 24.0 Å². The zero-order valence-electron chi connectivity index (χ0n) is 16.1. The van der Waals surface area contributed by atoms with Crippen molar-refractivity contribution in [2.24, 2.45) is 11.7 Å². The first-order chi connectivity index (χ1) is 13.5. The summed E-state index contributed by atoms with van der Waals surface area (Å²) in [5.74, 6) is -0.944. The fraction of sp³-hybridized carbons (Fsp3) is 0.364. The lowest BCUT2D eigenvalue weighted by Gasteiger charge is -2.34. The number of amides is 2. The molecule has 2 amide bonds. The lowest BCUT2D eigenvalue weighted by Crippen LogP contribution is -2.47. The van der Waals surface area contributed by atoms with Crippen LogP contribution in [0.1, 0.15) is 30.0 Å². The Kier molecular flexibility index (Phi) is 6.41. The molecule has 28 heavy (non-hydrogen) atoms. The summed E-state index contributed by atoms with van der Waals surface area (Å²) in [6.07, 6.45) is 1.51. The van der Waals surface area contributed by atoms with Gasteiger partial charge >= 0.3 is 0 Å². The van der Waals surface area contributed by atoms with Crippen molar-refractivity contribution in [3.8, 4) is 0 Å². The second-order valence-electron chi connectivity index (χ2n) is 7.36. The molecule has 0 aliphatic carbocycles. The molecule has 2 atom stereocenters. The van der Waals surface area contributed by atoms with E-state index in [0.29, 0.717) is 13.1 Å². The molecule has 1 saturated heterocycles. The molecule has 148 valence electrons. The van der Waals surface area contributed by atoms with Crippen molar-refractivity contribution >= 4 is 11.8 Å². The number of rotatable bonds is 6. The van der Waals surface area contributed by atoms with Crippen molar-refractivity contribution in [2.75, 3.05) is 26.7 Å². The highest BCUT2D eigenvalue weighted by atomic mass is 19.1. The van der Waals surface area contributed by atoms with Crippen molar-refractivity contribution < 1.29 is 14.0 Å². The lowest BCUT2D eigenvalue weighted by molar-refractivity contribution is -0.136. The maximum absolute atomic E-state index is 13.4. The van der Waals surface area contributed by atoms with Crippen LogP contribution in [0.25, 0.3) is 0 Å². The molecule has 1 aliphatic heterocycles. The number of benzene rings is 2. The highest BCUT2D eigenvalue weighted by molar-refractivity contribution is 5.81. The molecule has 2 N–H and O–H groups in total. The standard InChI is InChI=1S/C22H26FN3O2/c1-25(15-20(27)26-13-5-8-18(14-26)22(24)28)21(16-6-3-2-4-7-16)17-9-11-19(23)12-10-17/h2-4,6-7,9-12,18,21H,5,8,13-15H2,1H3,(H2,24,28). The van der Waals surface area contributed by atoms with Crippen LogP contribution in [0.4, 0.5) is 4.39 Å². The summed E-state index contributed by atoms with van der Waals surface area (Å²) in [5, 5.41) is 0. The van der Waals surface area contributed by atoms with Gasteiger partial charge < -0.3 is 10.6 Å². The van der Waals surface area contributed by atoms with E-state index >= 15 is 0 Å². The van der Waals surface area contributed by atoms with E-state index in [-0.39, 0.29) is 36.1 Å². The lowest BCUT2D eigenvalue weighted by atomic mass is 9.96. The van der Waals surface area contributed by atoms with Crippen molar-refractivity contribution in [3.63, 3.8) is 0 Å². The van der Waals surface area contributed by atoms with Crippen LogP contribution in [-0.4, -0.2) is 48.3 Å². The summed E-state index contributed by atoms with van der Waals surface area (Å²) >= 11 is 0. The number of nitrogens with zero attached hydrogens (tertiary/aromatic N) is 2. The maximum Gasteiger partial charge on any atom is 0.236 e. The van der Waals surface area contributed by atoms with Crippen LogP contribution in [0, 0.1) is 11.7 Å². The molecule has 2 aromatic carbocycles. The number of halogens is 1. The minimum Gasteiger partial charge on any atom is -0.369 e. The molecule has 3 rings (SSSR count). The van der Waals surface area contributed by atoms with Gasteiger partial charge in [-0.3, -0.25) is 14.5 Å². The summed E-state index contributed by atoms with van der Waals surface area (Å²) in [6.45, 7) is 1.22. The largest absolute Gasteiger partial charge is 0.369 e. The second kappa shape index (κ2) is 8.97. The number of hydrogen-bond donors (Lipinski definition) is 1. The Morgan fingerprint density at radius 1 is 1.14 bits per heavy atom. The van der Waals surface area contributed by atoms with Gasteiger partial charge in [0.1, 0.15) is 5.82 Å². The second-order valence-corrected chi connectivity index (χ2v) is 7.36. The van der Waals surface area contributed by atoms with Crippen LogP contribution < -0.4 is 5.73 Å². The van der Waals surface area contributed by atoms with E-state index in [2.05, 4.69) is 0 Å². The van der Waals surface area contributed by atoms with Gasteiger partial charge in [-0.25, -0.2) is 4.39 Å². The fourth-order valence-electron chi connectivity index (χ4n) is 3.82. The third-order valence-electron chi connectivity index (χ3n) is 5.30. The normalized spacial score (nSPS) is 18.1. The number of carbonyl (C=O) groups excluding carboxylic acids is 2. The molecule has 1 fully saturated rings. The van der Waals surface area contributed by atoms with Crippen molar-refractivity contribution in [3.05, 3.63) is 71.5 Å². The van der Waals surface area contributed by atoms with Crippen LogP contribution in [0.5, 0.6) is 0 Å². The van der Waals surface area contributed by atoms with Gasteiger partial charge in [0, 0.05) is 13.1 Å². The van der Waals surface area contributed by atoms with Gasteiger partial charge in [-0.1, -0.05) is 42.5 Å². The Labute approximate surface area is 164 Å². The van der Waals surface area contributed by atoms with Crippen LogP contribution in [-0.2, 0) is 9.59 Å². The Balaban J connectivity index is 1.77. The molecule has 2 unspecified atom stereocenters. The first kappa shape index (κ1) is 20.0. The van der Waals surface area contributed by atoms with Gasteiger partial charge in [-0.2, -0.15) is 0 Å². The quantitative estimate of drug-likeness (QED) is 0.834. The summed E-state index contributed by atoms with van der Waals surface area (Å²) in [5.41, 5.74) is 7.36. The Hall–Kier alpha value is -2.73. The van der Waals surface area contributed by atoms with Crippen LogP contribution in [0.2, 0.25) is 0 Å². The smallest absolute Gasteiger partial charge is 0.236 e. The van der Waals surface area contributed by atoms with Gasteiger partial charge in [-0.15, -0.1) is 0 Å². The van der Waals surface area contributed by atoms with E-state index < -0.39 is 0 Å². The average molecular weight is 383 g/mol. The van der Waals surface area contributed by atoms with Gasteiger partial charge in [0.25, 0.3) is 0 Å². The van der Waals surface area contributed by atoms with Gasteiger partial charge in [0.15, 0.2) is 0 Å². The van der Waals surface area contributed by atoms with Gasteiger partial charge in [0.2, 0.25) is 11.8 Å². The van der Waals surface area contributed by atoms with E-state index in [9.17, 15) is 14.0 Å². The minimum absolute atomic E-state index is 0.0310. The number of likely N-dealkylation sites (tertiary alicyclic amines) is 1. The summed E-state index contributed by atoms with van der Waals surface area (Å²) in [4.78, 5) is 28.0. The Morgan fingerprint density at radius 2 is 1.79 bits per heavy atom. The molecule has 1 heterocycles. The van der Waals surface area contributed by atoms with Crippen molar-refractivity contribution in [1.82, 2.24) is 9.80 Å².